The zero-order valence-electron chi connectivity index (χ0n) is 16.7. The SMILES string of the molecule is Brc1c[c-]c2c(c1)-c1cc(Br)ccc1C2.[Cl-].[Cl-].[Zr+2]=[C]1CCCCCC1.c1cc[cH-]c1. The van der Waals surface area contributed by atoms with Crippen LogP contribution in [0.2, 0.25) is 0 Å². The van der Waals surface area contributed by atoms with Crippen LogP contribution in [0.5, 0.6) is 0 Å². The van der Waals surface area contributed by atoms with Crippen LogP contribution < -0.4 is 24.8 Å². The Labute approximate surface area is 225 Å². The Kier molecular flexibility index (Phi) is 14.1. The van der Waals surface area contributed by atoms with E-state index < -0.39 is 0 Å². The van der Waals surface area contributed by atoms with Gasteiger partial charge in [-0.1, -0.05) is 38.1 Å². The average molecular weight is 646 g/mol. The summed E-state index contributed by atoms with van der Waals surface area (Å²) >= 11 is 8.70. The standard InChI is InChI=1S/C13H7Br2.C7H12.C5H5.2ClH.Zr/c14-10-3-1-8-5-9-2-4-11(15)7-13(9)12(8)6-10;1-2-4-6-7-5-3-1;1-2-4-5-3-1;;;/h1,3-4,6-7H,5H2;1-6H2;1-5H;2*1H;/q-1;;-1;;;+2/p-2. The summed E-state index contributed by atoms with van der Waals surface area (Å²) in [5.74, 6) is 0. The number of benzene rings is 2. The molecule has 5 rings (SSSR count). The normalized spacial score (nSPS) is 13.7. The fraction of sp³-hybridized carbons (Fsp3) is 0.280. The number of rotatable bonds is 0. The molecule has 0 amide bonds. The number of hydrogen-bond acceptors (Lipinski definition) is 0. The van der Waals surface area contributed by atoms with Crippen molar-refractivity contribution >= 4 is 35.1 Å². The van der Waals surface area contributed by atoms with Crippen molar-refractivity contribution in [1.29, 1.82) is 0 Å². The van der Waals surface area contributed by atoms with E-state index in [1.54, 1.807) is 24.2 Å². The van der Waals surface area contributed by atoms with E-state index in [1.807, 2.05) is 39.6 Å². The Balaban J connectivity index is 0.000000255. The zero-order valence-corrected chi connectivity index (χ0v) is 23.9. The molecule has 0 N–H and O–H groups in total. The topological polar surface area (TPSA) is 0 Å². The molecule has 3 aromatic carbocycles. The molecule has 2 aliphatic carbocycles. The van der Waals surface area contributed by atoms with Crippen molar-refractivity contribution < 1.29 is 49.0 Å². The summed E-state index contributed by atoms with van der Waals surface area (Å²) in [6.45, 7) is 0. The summed E-state index contributed by atoms with van der Waals surface area (Å²) in [5, 5.41) is 0. The second-order valence-electron chi connectivity index (χ2n) is 7.17. The first-order valence-corrected chi connectivity index (χ1v) is 12.7. The molecule has 2 aliphatic rings. The zero-order chi connectivity index (χ0) is 19.8. The molecule has 0 radical (unpaired) electrons. The largest absolute Gasteiger partial charge is 0.214 e. The summed E-state index contributed by atoms with van der Waals surface area (Å²) in [5.41, 5.74) is 5.33. The van der Waals surface area contributed by atoms with Crippen LogP contribution in [0.1, 0.15) is 49.7 Å². The quantitative estimate of drug-likeness (QED) is 0.203. The first-order chi connectivity index (χ1) is 13.6. The van der Waals surface area contributed by atoms with Crippen LogP contribution in [0, 0.1) is 6.07 Å². The minimum atomic E-state index is 0. The third-order valence-corrected chi connectivity index (χ3v) is 7.16. The molecule has 5 heteroatoms. The Morgan fingerprint density at radius 1 is 0.833 bits per heavy atom. The molecular weight excluding hydrogens is 622 g/mol. The van der Waals surface area contributed by atoms with E-state index in [2.05, 4.69) is 62.2 Å². The van der Waals surface area contributed by atoms with Crippen LogP contribution in [0.15, 0.2) is 69.6 Å². The molecule has 0 spiro atoms. The first-order valence-electron chi connectivity index (χ1n) is 9.85. The molecule has 0 bridgehead atoms. The van der Waals surface area contributed by atoms with Crippen LogP contribution >= 0.6 is 31.9 Å². The average Bonchev–Trinajstić information content (AvgIpc) is 3.31. The van der Waals surface area contributed by atoms with E-state index in [0.29, 0.717) is 0 Å². The third kappa shape index (κ3) is 8.91. The van der Waals surface area contributed by atoms with Crippen LogP contribution in [0.25, 0.3) is 11.1 Å². The molecule has 0 heterocycles. The predicted molar refractivity (Wildman–Crippen MR) is 124 cm³/mol. The van der Waals surface area contributed by atoms with Gasteiger partial charge in [0, 0.05) is 4.47 Å². The second kappa shape index (κ2) is 15.0. The van der Waals surface area contributed by atoms with Gasteiger partial charge in [0.05, 0.1) is 0 Å². The van der Waals surface area contributed by atoms with Crippen molar-refractivity contribution in [3.63, 3.8) is 0 Å². The maximum absolute atomic E-state index is 3.51. The molecule has 1 fully saturated rings. The van der Waals surface area contributed by atoms with Crippen molar-refractivity contribution in [3.8, 4) is 11.1 Å². The summed E-state index contributed by atoms with van der Waals surface area (Å²) in [6.07, 6.45) is 9.80. The van der Waals surface area contributed by atoms with Gasteiger partial charge in [-0.3, -0.25) is 0 Å². The molecule has 0 saturated heterocycles. The van der Waals surface area contributed by atoms with Crippen molar-refractivity contribution in [1.82, 2.24) is 0 Å². The van der Waals surface area contributed by atoms with Gasteiger partial charge >= 0.3 is 66.0 Å². The van der Waals surface area contributed by atoms with E-state index >= 15 is 0 Å². The minimum Gasteiger partial charge on any atom is -0.214 e. The molecule has 0 unspecified atom stereocenters. The van der Waals surface area contributed by atoms with Crippen molar-refractivity contribution in [2.45, 2.75) is 44.9 Å². The van der Waals surface area contributed by atoms with E-state index in [1.165, 1.54) is 60.8 Å². The van der Waals surface area contributed by atoms with E-state index in [9.17, 15) is 0 Å². The van der Waals surface area contributed by atoms with Gasteiger partial charge in [0.15, 0.2) is 0 Å². The fourth-order valence-corrected chi connectivity index (χ4v) is 5.08. The summed E-state index contributed by atoms with van der Waals surface area (Å²) in [6, 6.07) is 23.9. The first kappa shape index (κ1) is 28.1. The molecule has 30 heavy (non-hydrogen) atoms. The molecular formula is C25H24Br2Cl2Zr-2. The molecule has 1 saturated carbocycles. The van der Waals surface area contributed by atoms with E-state index in [4.69, 9.17) is 0 Å². The van der Waals surface area contributed by atoms with Crippen molar-refractivity contribution in [3.05, 3.63) is 86.8 Å². The summed E-state index contributed by atoms with van der Waals surface area (Å²) in [4.78, 5) is 0. The van der Waals surface area contributed by atoms with Crippen LogP contribution in [0.3, 0.4) is 0 Å². The molecule has 0 nitrogen and oxygen atoms in total. The van der Waals surface area contributed by atoms with Crippen LogP contribution in [-0.2, 0) is 30.7 Å². The van der Waals surface area contributed by atoms with Gasteiger partial charge in [-0.2, -0.15) is 42.0 Å². The molecule has 0 aliphatic heterocycles. The van der Waals surface area contributed by atoms with Gasteiger partial charge in [-0.25, -0.2) is 12.1 Å². The van der Waals surface area contributed by atoms with Crippen LogP contribution in [0.4, 0.5) is 0 Å². The van der Waals surface area contributed by atoms with Crippen molar-refractivity contribution in [2.24, 2.45) is 0 Å². The maximum Gasteiger partial charge on any atom is -0.172 e. The Morgan fingerprint density at radius 3 is 2.07 bits per heavy atom. The van der Waals surface area contributed by atoms with Crippen molar-refractivity contribution in [2.75, 3.05) is 0 Å². The number of halogens is 4. The van der Waals surface area contributed by atoms with Gasteiger partial charge in [0.2, 0.25) is 0 Å². The predicted octanol–water partition coefficient (Wildman–Crippen LogP) is 2.06. The third-order valence-electron chi connectivity index (χ3n) is 4.98. The fourth-order valence-electron chi connectivity index (χ4n) is 3.51. The molecule has 3 aromatic rings. The van der Waals surface area contributed by atoms with E-state index in [0.717, 1.165) is 15.4 Å². The minimum absolute atomic E-state index is 0. The van der Waals surface area contributed by atoms with Gasteiger partial charge < -0.3 is 24.8 Å². The van der Waals surface area contributed by atoms with Gasteiger partial charge in [-0.05, 0) is 18.1 Å². The summed E-state index contributed by atoms with van der Waals surface area (Å²) in [7, 11) is 0. The van der Waals surface area contributed by atoms with Gasteiger partial charge in [-0.15, -0.1) is 21.5 Å². The van der Waals surface area contributed by atoms with E-state index in [-0.39, 0.29) is 24.8 Å². The Morgan fingerprint density at radius 2 is 1.47 bits per heavy atom. The molecule has 0 aromatic heterocycles. The van der Waals surface area contributed by atoms with Gasteiger partial charge in [0.25, 0.3) is 0 Å². The maximum atomic E-state index is 3.51. The smallest absolute Gasteiger partial charge is 0.172 e. The Hall–Kier alpha value is 0.0831. The van der Waals surface area contributed by atoms with Gasteiger partial charge in [0.1, 0.15) is 0 Å². The Bertz CT molecular complexity index is 831. The van der Waals surface area contributed by atoms with Crippen LogP contribution in [-0.4, -0.2) is 3.21 Å². The number of fused-ring (bicyclic) bond motifs is 3. The molecule has 158 valence electrons. The number of hydrogen-bond donors (Lipinski definition) is 0. The summed E-state index contributed by atoms with van der Waals surface area (Å²) < 4.78 is 4.04. The monoisotopic (exact) mass is 642 g/mol. The molecule has 0 atom stereocenters. The second-order valence-corrected chi connectivity index (χ2v) is 10.7.